The molecule has 0 aliphatic carbocycles. The van der Waals surface area contributed by atoms with Crippen molar-refractivity contribution in [3.63, 3.8) is 0 Å². The maximum absolute atomic E-state index is 13.0. The number of halogens is 1. The van der Waals surface area contributed by atoms with Crippen molar-refractivity contribution in [1.82, 2.24) is 5.32 Å². The summed E-state index contributed by atoms with van der Waals surface area (Å²) < 4.78 is 18.8. The Morgan fingerprint density at radius 2 is 2.00 bits per heavy atom. The van der Waals surface area contributed by atoms with Crippen LogP contribution in [0.25, 0.3) is 0 Å². The van der Waals surface area contributed by atoms with Gasteiger partial charge >= 0.3 is 0 Å². The van der Waals surface area contributed by atoms with Crippen LogP contribution in [0.15, 0.2) is 18.2 Å². The number of ether oxygens (including phenoxy) is 1. The van der Waals surface area contributed by atoms with Gasteiger partial charge in [-0.3, -0.25) is 0 Å². The van der Waals surface area contributed by atoms with Crippen molar-refractivity contribution in [3.05, 3.63) is 29.6 Å². The highest BCUT2D eigenvalue weighted by Crippen LogP contribution is 2.20. The van der Waals surface area contributed by atoms with E-state index in [0.717, 1.165) is 37.2 Å². The number of benzene rings is 1. The quantitative estimate of drug-likeness (QED) is 0.721. The summed E-state index contributed by atoms with van der Waals surface area (Å²) >= 11 is 0. The zero-order valence-electron chi connectivity index (χ0n) is 12.5. The fraction of sp³-hybridized carbons (Fsp3) is 0.625. The molecule has 0 spiro atoms. The van der Waals surface area contributed by atoms with E-state index in [9.17, 15) is 4.39 Å². The minimum Gasteiger partial charge on any atom is -0.490 e. The van der Waals surface area contributed by atoms with Gasteiger partial charge in [-0.15, -0.1) is 0 Å². The Morgan fingerprint density at radius 1 is 1.26 bits per heavy atom. The molecule has 0 amide bonds. The molecule has 1 rings (SSSR count). The topological polar surface area (TPSA) is 21.3 Å². The molecule has 0 radical (unpaired) electrons. The van der Waals surface area contributed by atoms with Gasteiger partial charge in [-0.2, -0.15) is 0 Å². The molecule has 1 N–H and O–H groups in total. The van der Waals surface area contributed by atoms with Crippen LogP contribution in [0, 0.1) is 18.7 Å². The maximum atomic E-state index is 13.0. The van der Waals surface area contributed by atoms with E-state index in [1.807, 2.05) is 6.92 Å². The summed E-state index contributed by atoms with van der Waals surface area (Å²) in [6, 6.07) is 4.66. The summed E-state index contributed by atoms with van der Waals surface area (Å²) in [5, 5.41) is 3.42. The summed E-state index contributed by atoms with van der Waals surface area (Å²) in [6.45, 7) is 10.4. The van der Waals surface area contributed by atoms with Gasteiger partial charge in [0.05, 0.1) is 6.10 Å². The first-order valence-corrected chi connectivity index (χ1v) is 7.12. The molecule has 0 saturated carbocycles. The Morgan fingerprint density at radius 3 is 2.63 bits per heavy atom. The summed E-state index contributed by atoms with van der Waals surface area (Å²) in [6.07, 6.45) is 2.25. The van der Waals surface area contributed by atoms with E-state index in [0.29, 0.717) is 5.92 Å². The molecule has 1 atom stereocenters. The third kappa shape index (κ3) is 6.58. The van der Waals surface area contributed by atoms with Gasteiger partial charge in [0.15, 0.2) is 0 Å². The van der Waals surface area contributed by atoms with E-state index in [1.54, 1.807) is 6.07 Å². The lowest BCUT2D eigenvalue weighted by Crippen LogP contribution is -2.22. The van der Waals surface area contributed by atoms with Gasteiger partial charge < -0.3 is 10.1 Å². The highest BCUT2D eigenvalue weighted by atomic mass is 19.1. The van der Waals surface area contributed by atoms with Crippen LogP contribution in [-0.4, -0.2) is 19.2 Å². The standard InChI is InChI=1S/C16H26FNO/c1-12(2)11-18-9-5-6-14(4)19-16-8-7-15(17)10-13(16)3/h7-8,10,12,14,18H,5-6,9,11H2,1-4H3. The number of hydrogen-bond donors (Lipinski definition) is 1. The van der Waals surface area contributed by atoms with Crippen LogP contribution >= 0.6 is 0 Å². The molecule has 108 valence electrons. The van der Waals surface area contributed by atoms with E-state index in [2.05, 4.69) is 26.1 Å². The lowest BCUT2D eigenvalue weighted by atomic mass is 10.2. The Balaban J connectivity index is 2.25. The third-order valence-electron chi connectivity index (χ3n) is 2.98. The first-order chi connectivity index (χ1) is 8.99. The molecule has 0 aliphatic heterocycles. The van der Waals surface area contributed by atoms with Crippen LogP contribution in [0.1, 0.15) is 39.2 Å². The SMILES string of the molecule is Cc1cc(F)ccc1OC(C)CCCNCC(C)C. The van der Waals surface area contributed by atoms with Crippen molar-refractivity contribution < 1.29 is 9.13 Å². The maximum Gasteiger partial charge on any atom is 0.123 e. The van der Waals surface area contributed by atoms with E-state index >= 15 is 0 Å². The summed E-state index contributed by atoms with van der Waals surface area (Å²) in [5.41, 5.74) is 0.852. The molecule has 1 aromatic carbocycles. The van der Waals surface area contributed by atoms with E-state index in [-0.39, 0.29) is 11.9 Å². The molecule has 3 heteroatoms. The van der Waals surface area contributed by atoms with Crippen LogP contribution in [0.4, 0.5) is 4.39 Å². The number of rotatable bonds is 8. The predicted molar refractivity (Wildman–Crippen MR) is 78.2 cm³/mol. The van der Waals surface area contributed by atoms with Gasteiger partial charge in [-0.05, 0) is 69.5 Å². The normalized spacial score (nSPS) is 12.7. The van der Waals surface area contributed by atoms with E-state index in [4.69, 9.17) is 4.74 Å². The van der Waals surface area contributed by atoms with Crippen LogP contribution in [0.3, 0.4) is 0 Å². The Hall–Kier alpha value is -1.09. The Bertz CT molecular complexity index is 379. The van der Waals surface area contributed by atoms with Crippen LogP contribution in [0.2, 0.25) is 0 Å². The highest BCUT2D eigenvalue weighted by Gasteiger charge is 2.07. The fourth-order valence-electron chi connectivity index (χ4n) is 1.93. The minimum absolute atomic E-state index is 0.157. The van der Waals surface area contributed by atoms with Gasteiger partial charge in [0.2, 0.25) is 0 Å². The first-order valence-electron chi connectivity index (χ1n) is 7.12. The molecule has 0 aromatic heterocycles. The molecule has 2 nitrogen and oxygen atoms in total. The van der Waals surface area contributed by atoms with Crippen LogP contribution in [-0.2, 0) is 0 Å². The Labute approximate surface area is 116 Å². The second kappa shape index (κ2) is 8.16. The number of hydrogen-bond acceptors (Lipinski definition) is 2. The van der Waals surface area contributed by atoms with E-state index < -0.39 is 0 Å². The molecule has 1 aromatic rings. The van der Waals surface area contributed by atoms with Crippen LogP contribution in [0.5, 0.6) is 5.75 Å². The van der Waals surface area contributed by atoms with Crippen molar-refractivity contribution >= 4 is 0 Å². The van der Waals surface area contributed by atoms with Crippen LogP contribution < -0.4 is 10.1 Å². The molecule has 19 heavy (non-hydrogen) atoms. The molecule has 1 unspecified atom stereocenters. The lowest BCUT2D eigenvalue weighted by Gasteiger charge is -2.16. The monoisotopic (exact) mass is 267 g/mol. The van der Waals surface area contributed by atoms with Gasteiger partial charge in [0.1, 0.15) is 11.6 Å². The minimum atomic E-state index is -0.213. The van der Waals surface area contributed by atoms with Crippen molar-refractivity contribution in [2.75, 3.05) is 13.1 Å². The van der Waals surface area contributed by atoms with Crippen molar-refractivity contribution in [3.8, 4) is 5.75 Å². The fourth-order valence-corrected chi connectivity index (χ4v) is 1.93. The lowest BCUT2D eigenvalue weighted by molar-refractivity contribution is 0.205. The summed E-state index contributed by atoms with van der Waals surface area (Å²) in [5.74, 6) is 1.26. The van der Waals surface area contributed by atoms with Crippen molar-refractivity contribution in [2.45, 2.75) is 46.6 Å². The number of nitrogens with one attached hydrogen (secondary N) is 1. The number of aryl methyl sites for hydroxylation is 1. The Kier molecular flexibility index (Phi) is 6.85. The largest absolute Gasteiger partial charge is 0.490 e. The van der Waals surface area contributed by atoms with E-state index in [1.165, 1.54) is 12.1 Å². The zero-order valence-corrected chi connectivity index (χ0v) is 12.5. The van der Waals surface area contributed by atoms with Gasteiger partial charge in [-0.25, -0.2) is 4.39 Å². The van der Waals surface area contributed by atoms with Crippen molar-refractivity contribution in [1.29, 1.82) is 0 Å². The molecular formula is C16H26FNO. The highest BCUT2D eigenvalue weighted by molar-refractivity contribution is 5.32. The summed E-state index contributed by atoms with van der Waals surface area (Å²) in [4.78, 5) is 0. The van der Waals surface area contributed by atoms with Gasteiger partial charge in [0, 0.05) is 0 Å². The second-order valence-electron chi connectivity index (χ2n) is 5.58. The first kappa shape index (κ1) is 16.0. The molecule has 0 fully saturated rings. The average Bonchev–Trinajstić information content (AvgIpc) is 2.32. The molecule has 0 aliphatic rings. The third-order valence-corrected chi connectivity index (χ3v) is 2.98. The molecule has 0 heterocycles. The zero-order chi connectivity index (χ0) is 14.3. The molecular weight excluding hydrogens is 241 g/mol. The smallest absolute Gasteiger partial charge is 0.123 e. The average molecular weight is 267 g/mol. The molecule has 0 bridgehead atoms. The molecule has 0 saturated heterocycles. The van der Waals surface area contributed by atoms with Crippen molar-refractivity contribution in [2.24, 2.45) is 5.92 Å². The second-order valence-corrected chi connectivity index (χ2v) is 5.58. The summed E-state index contributed by atoms with van der Waals surface area (Å²) in [7, 11) is 0. The van der Waals surface area contributed by atoms with Gasteiger partial charge in [0.25, 0.3) is 0 Å². The van der Waals surface area contributed by atoms with Gasteiger partial charge in [-0.1, -0.05) is 13.8 Å². The predicted octanol–water partition coefficient (Wildman–Crippen LogP) is 3.93.